The molecule has 0 aliphatic carbocycles. The number of carbonyl (C=O) groups excluding carboxylic acids is 1. The summed E-state index contributed by atoms with van der Waals surface area (Å²) < 4.78 is 21.8. The van der Waals surface area contributed by atoms with Gasteiger partial charge in [-0.25, -0.2) is 0 Å². The number of ether oxygens (including phenoxy) is 4. The summed E-state index contributed by atoms with van der Waals surface area (Å²) in [6.07, 6.45) is 0.668. The molecule has 0 spiro atoms. The highest BCUT2D eigenvalue weighted by Crippen LogP contribution is 2.35. The Morgan fingerprint density at radius 2 is 1.83 bits per heavy atom. The van der Waals surface area contributed by atoms with Gasteiger partial charge in [-0.15, -0.1) is 0 Å². The molecule has 6 heteroatoms. The molecule has 0 aromatic heterocycles. The van der Waals surface area contributed by atoms with Gasteiger partial charge in [-0.1, -0.05) is 12.1 Å². The lowest BCUT2D eigenvalue weighted by Crippen LogP contribution is -2.13. The molecule has 120 valence electrons. The van der Waals surface area contributed by atoms with Gasteiger partial charge in [0.25, 0.3) is 5.91 Å². The van der Waals surface area contributed by atoms with Crippen LogP contribution in [0.5, 0.6) is 23.0 Å². The quantitative estimate of drug-likeness (QED) is 0.793. The average Bonchev–Trinajstić information content (AvgIpc) is 3.02. The van der Waals surface area contributed by atoms with Crippen LogP contribution in [0.1, 0.15) is 16.8 Å². The van der Waals surface area contributed by atoms with E-state index in [0.29, 0.717) is 42.4 Å². The van der Waals surface area contributed by atoms with E-state index in [1.807, 2.05) is 12.1 Å². The highest BCUT2D eigenvalue weighted by atomic mass is 16.7. The van der Waals surface area contributed by atoms with E-state index in [9.17, 15) is 4.79 Å². The van der Waals surface area contributed by atoms with Crippen LogP contribution in [0.3, 0.4) is 0 Å². The van der Waals surface area contributed by atoms with Crippen molar-refractivity contribution in [3.05, 3.63) is 48.0 Å². The molecule has 3 rings (SSSR count). The number of hydrogen-bond donors (Lipinski definition) is 1. The number of rotatable bonds is 7. The Morgan fingerprint density at radius 1 is 1.04 bits per heavy atom. The predicted octanol–water partition coefficient (Wildman–Crippen LogP) is 2.36. The van der Waals surface area contributed by atoms with Crippen molar-refractivity contribution in [3.63, 3.8) is 0 Å². The average molecular weight is 315 g/mol. The van der Waals surface area contributed by atoms with E-state index < -0.39 is 5.91 Å². The number of hydrogen-bond acceptors (Lipinski definition) is 5. The Labute approximate surface area is 133 Å². The summed E-state index contributed by atoms with van der Waals surface area (Å²) >= 11 is 0. The van der Waals surface area contributed by atoms with Crippen LogP contribution >= 0.6 is 0 Å². The molecule has 0 bridgehead atoms. The highest BCUT2D eigenvalue weighted by molar-refractivity contribution is 5.95. The minimum Gasteiger partial charge on any atom is -0.493 e. The Kier molecular flexibility index (Phi) is 4.52. The maximum atomic E-state index is 11.3. The molecule has 23 heavy (non-hydrogen) atoms. The zero-order chi connectivity index (χ0) is 16.1. The molecule has 0 atom stereocenters. The van der Waals surface area contributed by atoms with Crippen LogP contribution in [0, 0.1) is 0 Å². The Bertz CT molecular complexity index is 701. The molecule has 0 saturated heterocycles. The third-order valence-corrected chi connectivity index (χ3v) is 3.31. The topological polar surface area (TPSA) is 80.0 Å². The summed E-state index contributed by atoms with van der Waals surface area (Å²) in [5.74, 6) is 2.12. The summed E-state index contributed by atoms with van der Waals surface area (Å²) in [4.78, 5) is 11.3. The maximum absolute atomic E-state index is 11.3. The number of carbonyl (C=O) groups is 1. The van der Waals surface area contributed by atoms with Crippen LogP contribution < -0.4 is 24.7 Å². The minimum atomic E-state index is -0.503. The number of amides is 1. The van der Waals surface area contributed by atoms with Gasteiger partial charge in [0.2, 0.25) is 6.79 Å². The third kappa shape index (κ3) is 3.66. The van der Waals surface area contributed by atoms with Crippen LogP contribution in [-0.2, 0) is 0 Å². The first-order valence-electron chi connectivity index (χ1n) is 7.28. The second-order valence-electron chi connectivity index (χ2n) is 4.93. The summed E-state index contributed by atoms with van der Waals surface area (Å²) in [5, 5.41) is 0. The molecule has 6 nitrogen and oxygen atoms in total. The third-order valence-electron chi connectivity index (χ3n) is 3.31. The van der Waals surface area contributed by atoms with Gasteiger partial charge in [0.1, 0.15) is 11.5 Å². The first kappa shape index (κ1) is 15.0. The van der Waals surface area contributed by atoms with Crippen LogP contribution in [-0.4, -0.2) is 25.9 Å². The number of primary amides is 1. The molecule has 0 fully saturated rings. The molecule has 0 unspecified atom stereocenters. The summed E-state index contributed by atoms with van der Waals surface area (Å²) in [5.41, 5.74) is 5.68. The van der Waals surface area contributed by atoms with Crippen LogP contribution in [0.4, 0.5) is 0 Å². The zero-order valence-electron chi connectivity index (χ0n) is 12.5. The van der Waals surface area contributed by atoms with E-state index in [1.54, 1.807) is 30.3 Å². The van der Waals surface area contributed by atoms with Gasteiger partial charge in [-0.05, 0) is 24.3 Å². The Hall–Kier alpha value is -2.89. The second kappa shape index (κ2) is 6.91. The molecular weight excluding hydrogens is 298 g/mol. The fourth-order valence-electron chi connectivity index (χ4n) is 2.19. The summed E-state index contributed by atoms with van der Waals surface area (Å²) in [7, 11) is 0. The summed E-state index contributed by atoms with van der Waals surface area (Å²) in [6.45, 7) is 1.15. The number of benzene rings is 2. The molecular formula is C17H17NO5. The van der Waals surface area contributed by atoms with Crippen LogP contribution in [0.15, 0.2) is 42.5 Å². The molecule has 1 heterocycles. The first-order valence-corrected chi connectivity index (χ1v) is 7.28. The lowest BCUT2D eigenvalue weighted by atomic mass is 10.2. The normalized spacial score (nSPS) is 12.0. The Balaban J connectivity index is 1.45. The van der Waals surface area contributed by atoms with Crippen molar-refractivity contribution in [2.75, 3.05) is 20.0 Å². The summed E-state index contributed by atoms with van der Waals surface area (Å²) in [6, 6.07) is 12.3. The Morgan fingerprint density at radius 3 is 2.70 bits per heavy atom. The molecule has 1 aliphatic rings. The van der Waals surface area contributed by atoms with Crippen molar-refractivity contribution in [2.24, 2.45) is 5.73 Å². The highest BCUT2D eigenvalue weighted by Gasteiger charge is 2.13. The molecule has 2 N–H and O–H groups in total. The van der Waals surface area contributed by atoms with Crippen molar-refractivity contribution >= 4 is 5.91 Å². The van der Waals surface area contributed by atoms with E-state index in [0.717, 1.165) is 5.75 Å². The van der Waals surface area contributed by atoms with Gasteiger partial charge in [-0.2, -0.15) is 0 Å². The van der Waals surface area contributed by atoms with Gasteiger partial charge in [0.05, 0.1) is 18.8 Å². The van der Waals surface area contributed by atoms with Gasteiger partial charge < -0.3 is 24.7 Å². The number of fused-ring (bicyclic) bond motifs is 1. The van der Waals surface area contributed by atoms with Crippen LogP contribution in [0.2, 0.25) is 0 Å². The van der Waals surface area contributed by atoms with Crippen molar-refractivity contribution in [3.8, 4) is 23.0 Å². The van der Waals surface area contributed by atoms with Crippen LogP contribution in [0.25, 0.3) is 0 Å². The fraction of sp³-hybridized carbons (Fsp3) is 0.235. The standard InChI is InChI=1S/C17H17NO5/c18-17(19)13-4-1-2-5-14(13)21-9-3-8-20-12-6-7-15-16(10-12)23-11-22-15/h1-2,4-7,10H,3,8-9,11H2,(H2,18,19). The second-order valence-corrected chi connectivity index (χ2v) is 4.93. The maximum Gasteiger partial charge on any atom is 0.252 e. The molecule has 1 amide bonds. The van der Waals surface area contributed by atoms with E-state index in [2.05, 4.69) is 0 Å². The SMILES string of the molecule is NC(=O)c1ccccc1OCCCOc1ccc2c(c1)OCO2. The lowest BCUT2D eigenvalue weighted by molar-refractivity contribution is 0.0996. The smallest absolute Gasteiger partial charge is 0.252 e. The molecule has 1 aliphatic heterocycles. The molecule has 2 aromatic rings. The zero-order valence-corrected chi connectivity index (χ0v) is 12.5. The van der Waals surface area contributed by atoms with Crippen molar-refractivity contribution < 1.29 is 23.7 Å². The predicted molar refractivity (Wildman–Crippen MR) is 83.1 cm³/mol. The van der Waals surface area contributed by atoms with Gasteiger partial charge in [-0.3, -0.25) is 4.79 Å². The minimum absolute atomic E-state index is 0.242. The number of nitrogens with two attached hydrogens (primary N) is 1. The number of para-hydroxylation sites is 1. The molecule has 0 saturated carbocycles. The monoisotopic (exact) mass is 315 g/mol. The van der Waals surface area contributed by atoms with E-state index in [1.165, 1.54) is 0 Å². The molecule has 2 aromatic carbocycles. The fourth-order valence-corrected chi connectivity index (χ4v) is 2.19. The van der Waals surface area contributed by atoms with Gasteiger partial charge in [0, 0.05) is 12.5 Å². The first-order chi connectivity index (χ1) is 11.2. The largest absolute Gasteiger partial charge is 0.493 e. The lowest BCUT2D eigenvalue weighted by Gasteiger charge is -2.10. The van der Waals surface area contributed by atoms with Crippen molar-refractivity contribution in [2.45, 2.75) is 6.42 Å². The van der Waals surface area contributed by atoms with Gasteiger partial charge >= 0.3 is 0 Å². The van der Waals surface area contributed by atoms with E-state index >= 15 is 0 Å². The van der Waals surface area contributed by atoms with E-state index in [4.69, 9.17) is 24.7 Å². The van der Waals surface area contributed by atoms with Gasteiger partial charge in [0.15, 0.2) is 11.5 Å². The van der Waals surface area contributed by atoms with Crippen molar-refractivity contribution in [1.29, 1.82) is 0 Å². The van der Waals surface area contributed by atoms with E-state index in [-0.39, 0.29) is 6.79 Å². The molecule has 0 radical (unpaired) electrons. The van der Waals surface area contributed by atoms with Crippen molar-refractivity contribution in [1.82, 2.24) is 0 Å².